The summed E-state index contributed by atoms with van der Waals surface area (Å²) >= 11 is 11.7. The summed E-state index contributed by atoms with van der Waals surface area (Å²) in [6, 6.07) is 2.74. The fraction of sp³-hybridized carbons (Fsp3) is 0.600. The van der Waals surface area contributed by atoms with Gasteiger partial charge < -0.3 is 14.9 Å². The Bertz CT molecular complexity index is 523. The standard InChI is InChI=1S/C15H21BCl2FNO2/c1-3-5-15(6-4-7-20(15)16(2)22)14(21)10-8-11(17)13(18)12(19)9-10/h8-9,14,21-22H,3-7H2,1-2H3. The van der Waals surface area contributed by atoms with Gasteiger partial charge in [-0.05, 0) is 50.3 Å². The molecule has 0 saturated carbocycles. The number of halogens is 3. The van der Waals surface area contributed by atoms with Crippen LogP contribution >= 0.6 is 23.2 Å². The van der Waals surface area contributed by atoms with E-state index in [9.17, 15) is 14.5 Å². The van der Waals surface area contributed by atoms with Crippen LogP contribution in [0.4, 0.5) is 4.39 Å². The third-order valence-electron chi connectivity index (χ3n) is 4.55. The van der Waals surface area contributed by atoms with Gasteiger partial charge in [0.2, 0.25) is 0 Å². The van der Waals surface area contributed by atoms with Crippen LogP contribution in [0.25, 0.3) is 0 Å². The molecule has 0 amide bonds. The predicted molar refractivity (Wildman–Crippen MR) is 88.8 cm³/mol. The van der Waals surface area contributed by atoms with Crippen molar-refractivity contribution in [2.24, 2.45) is 0 Å². The molecule has 2 rings (SSSR count). The summed E-state index contributed by atoms with van der Waals surface area (Å²) in [7, 11) is -0.670. The molecule has 122 valence electrons. The molecular weight excluding hydrogens is 327 g/mol. The summed E-state index contributed by atoms with van der Waals surface area (Å²) in [6.45, 7) is 4.43. The first-order chi connectivity index (χ1) is 10.3. The lowest BCUT2D eigenvalue weighted by Crippen LogP contribution is -2.54. The highest BCUT2D eigenvalue weighted by atomic mass is 35.5. The van der Waals surface area contributed by atoms with E-state index in [-0.39, 0.29) is 10.0 Å². The first kappa shape index (κ1) is 18.0. The van der Waals surface area contributed by atoms with E-state index >= 15 is 0 Å². The highest BCUT2D eigenvalue weighted by molar-refractivity contribution is 6.45. The van der Waals surface area contributed by atoms with Crippen LogP contribution in [0.2, 0.25) is 16.9 Å². The largest absolute Gasteiger partial charge is 0.437 e. The summed E-state index contributed by atoms with van der Waals surface area (Å²) in [5.74, 6) is -0.642. The summed E-state index contributed by atoms with van der Waals surface area (Å²) in [5.41, 5.74) is -0.208. The average Bonchev–Trinajstić information content (AvgIpc) is 2.89. The van der Waals surface area contributed by atoms with E-state index in [4.69, 9.17) is 23.2 Å². The van der Waals surface area contributed by atoms with Gasteiger partial charge in [0, 0.05) is 5.54 Å². The molecule has 0 spiro atoms. The molecule has 0 bridgehead atoms. The molecule has 1 aliphatic rings. The van der Waals surface area contributed by atoms with Crippen LogP contribution in [0.5, 0.6) is 0 Å². The zero-order valence-electron chi connectivity index (χ0n) is 12.8. The van der Waals surface area contributed by atoms with Crippen molar-refractivity contribution in [2.75, 3.05) is 6.54 Å². The highest BCUT2D eigenvalue weighted by Gasteiger charge is 2.48. The maximum atomic E-state index is 13.9. The van der Waals surface area contributed by atoms with Crippen molar-refractivity contribution in [3.05, 3.63) is 33.6 Å². The Labute approximate surface area is 141 Å². The van der Waals surface area contributed by atoms with Crippen LogP contribution in [0.3, 0.4) is 0 Å². The minimum absolute atomic E-state index is 0.0870. The SMILES string of the molecule is CCCC1(C(O)c2cc(F)c(Cl)c(Cl)c2)CCCN1B(C)O. The molecule has 2 unspecified atom stereocenters. The number of nitrogens with zero attached hydrogens (tertiary/aromatic N) is 1. The lowest BCUT2D eigenvalue weighted by molar-refractivity contribution is 0.0142. The zero-order valence-corrected chi connectivity index (χ0v) is 14.3. The van der Waals surface area contributed by atoms with Crippen LogP contribution in [-0.4, -0.2) is 34.1 Å². The smallest absolute Gasteiger partial charge is 0.376 e. The minimum Gasteiger partial charge on any atom is -0.437 e. The summed E-state index contributed by atoms with van der Waals surface area (Å²) < 4.78 is 13.9. The number of hydrogen-bond donors (Lipinski definition) is 2. The second kappa shape index (κ2) is 7.06. The normalized spacial score (nSPS) is 23.8. The Morgan fingerprint density at radius 1 is 1.45 bits per heavy atom. The minimum atomic E-state index is -0.936. The van der Waals surface area contributed by atoms with Gasteiger partial charge in [0.15, 0.2) is 0 Å². The Kier molecular flexibility index (Phi) is 5.78. The molecule has 2 N–H and O–H groups in total. The number of hydrogen-bond acceptors (Lipinski definition) is 3. The fourth-order valence-electron chi connectivity index (χ4n) is 3.66. The zero-order chi connectivity index (χ0) is 16.5. The van der Waals surface area contributed by atoms with Gasteiger partial charge in [-0.1, -0.05) is 36.5 Å². The van der Waals surface area contributed by atoms with Crippen molar-refractivity contribution in [1.29, 1.82) is 0 Å². The van der Waals surface area contributed by atoms with Gasteiger partial charge in [-0.25, -0.2) is 4.39 Å². The van der Waals surface area contributed by atoms with Gasteiger partial charge >= 0.3 is 7.05 Å². The maximum absolute atomic E-state index is 13.9. The van der Waals surface area contributed by atoms with Gasteiger partial charge in [-0.15, -0.1) is 0 Å². The molecule has 1 heterocycles. The van der Waals surface area contributed by atoms with Crippen LogP contribution in [0.1, 0.15) is 44.3 Å². The van der Waals surface area contributed by atoms with Gasteiger partial charge in [0.25, 0.3) is 0 Å². The van der Waals surface area contributed by atoms with Crippen LogP contribution in [-0.2, 0) is 0 Å². The molecular formula is C15H21BCl2FNO2. The summed E-state index contributed by atoms with van der Waals surface area (Å²) in [5, 5.41) is 20.9. The van der Waals surface area contributed by atoms with E-state index in [1.165, 1.54) is 12.1 Å². The van der Waals surface area contributed by atoms with Gasteiger partial charge in [0.1, 0.15) is 5.82 Å². The molecule has 1 aromatic rings. The van der Waals surface area contributed by atoms with E-state index in [0.717, 1.165) is 19.3 Å². The topological polar surface area (TPSA) is 43.7 Å². The molecule has 1 saturated heterocycles. The Morgan fingerprint density at radius 3 is 2.68 bits per heavy atom. The van der Waals surface area contributed by atoms with Crippen molar-refractivity contribution < 1.29 is 14.5 Å². The second-order valence-electron chi connectivity index (χ2n) is 5.98. The van der Waals surface area contributed by atoms with Crippen LogP contribution in [0.15, 0.2) is 12.1 Å². The Balaban J connectivity index is 2.44. The van der Waals surface area contributed by atoms with Crippen molar-refractivity contribution in [1.82, 2.24) is 4.81 Å². The molecule has 0 aromatic heterocycles. The Morgan fingerprint density at radius 2 is 2.14 bits per heavy atom. The van der Waals surface area contributed by atoms with Crippen molar-refractivity contribution in [2.45, 2.75) is 51.1 Å². The number of rotatable bonds is 5. The van der Waals surface area contributed by atoms with E-state index in [2.05, 4.69) is 0 Å². The lowest BCUT2D eigenvalue weighted by atomic mass is 9.73. The van der Waals surface area contributed by atoms with Crippen molar-refractivity contribution in [3.63, 3.8) is 0 Å². The molecule has 3 nitrogen and oxygen atoms in total. The highest BCUT2D eigenvalue weighted by Crippen LogP contribution is 2.44. The van der Waals surface area contributed by atoms with E-state index < -0.39 is 24.5 Å². The van der Waals surface area contributed by atoms with Gasteiger partial charge in [0.05, 0.1) is 16.1 Å². The molecule has 1 fully saturated rings. The summed E-state index contributed by atoms with van der Waals surface area (Å²) in [6.07, 6.45) is 2.25. The molecule has 0 radical (unpaired) electrons. The quantitative estimate of drug-likeness (QED) is 0.626. The fourth-order valence-corrected chi connectivity index (χ4v) is 3.98. The molecule has 22 heavy (non-hydrogen) atoms. The molecule has 1 aliphatic heterocycles. The van der Waals surface area contributed by atoms with Crippen LogP contribution < -0.4 is 0 Å². The van der Waals surface area contributed by atoms with Gasteiger partial charge in [-0.3, -0.25) is 0 Å². The lowest BCUT2D eigenvalue weighted by Gasteiger charge is -2.43. The third kappa shape index (κ3) is 3.15. The molecule has 7 heteroatoms. The van der Waals surface area contributed by atoms with E-state index in [1.807, 2.05) is 11.7 Å². The first-order valence-corrected chi connectivity index (χ1v) is 8.36. The number of aliphatic hydroxyl groups excluding tert-OH is 1. The van der Waals surface area contributed by atoms with Crippen molar-refractivity contribution >= 4 is 30.3 Å². The van der Waals surface area contributed by atoms with Crippen molar-refractivity contribution in [3.8, 4) is 0 Å². The molecule has 1 aromatic carbocycles. The third-order valence-corrected chi connectivity index (χ3v) is 5.32. The molecule has 2 atom stereocenters. The number of benzene rings is 1. The van der Waals surface area contributed by atoms with Crippen LogP contribution in [0, 0.1) is 5.82 Å². The molecule has 0 aliphatic carbocycles. The van der Waals surface area contributed by atoms with E-state index in [0.29, 0.717) is 18.5 Å². The predicted octanol–water partition coefficient (Wildman–Crippen LogP) is 3.91. The average molecular weight is 348 g/mol. The Hall–Kier alpha value is -0.325. The summed E-state index contributed by atoms with van der Waals surface area (Å²) in [4.78, 5) is 1.90. The van der Waals surface area contributed by atoms with E-state index in [1.54, 1.807) is 6.82 Å². The number of aliphatic hydroxyl groups is 1. The first-order valence-electron chi connectivity index (χ1n) is 7.60. The monoisotopic (exact) mass is 347 g/mol. The second-order valence-corrected chi connectivity index (χ2v) is 6.77. The van der Waals surface area contributed by atoms with Gasteiger partial charge in [-0.2, -0.15) is 0 Å². The maximum Gasteiger partial charge on any atom is 0.376 e.